The maximum absolute atomic E-state index is 5.23. The molecular formula is C17H33IN4O. The fourth-order valence-electron chi connectivity index (χ4n) is 4.37. The molecule has 1 spiro atoms. The van der Waals surface area contributed by atoms with Crippen molar-refractivity contribution in [3.05, 3.63) is 0 Å². The zero-order valence-electron chi connectivity index (χ0n) is 14.7. The summed E-state index contributed by atoms with van der Waals surface area (Å²) in [6.07, 6.45) is 8.23. The van der Waals surface area contributed by atoms with Crippen LogP contribution in [0.5, 0.6) is 0 Å². The summed E-state index contributed by atoms with van der Waals surface area (Å²) in [6.45, 7) is 6.50. The number of likely N-dealkylation sites (tertiary alicyclic amines) is 2. The molecule has 2 heterocycles. The zero-order chi connectivity index (χ0) is 15.4. The van der Waals surface area contributed by atoms with Gasteiger partial charge in [-0.1, -0.05) is 6.42 Å². The van der Waals surface area contributed by atoms with Gasteiger partial charge in [0.1, 0.15) is 0 Å². The molecule has 0 aromatic rings. The van der Waals surface area contributed by atoms with Crippen molar-refractivity contribution in [3.8, 4) is 0 Å². The molecule has 5 nitrogen and oxygen atoms in total. The van der Waals surface area contributed by atoms with Gasteiger partial charge in [-0.2, -0.15) is 0 Å². The van der Waals surface area contributed by atoms with Crippen LogP contribution in [0, 0.1) is 5.41 Å². The van der Waals surface area contributed by atoms with E-state index in [0.29, 0.717) is 11.5 Å². The van der Waals surface area contributed by atoms with E-state index in [0.717, 1.165) is 25.7 Å². The lowest BCUT2D eigenvalue weighted by Gasteiger charge is -2.38. The van der Waals surface area contributed by atoms with Crippen LogP contribution in [0.25, 0.3) is 0 Å². The van der Waals surface area contributed by atoms with E-state index in [4.69, 9.17) is 4.74 Å². The first-order valence-electron chi connectivity index (χ1n) is 8.95. The van der Waals surface area contributed by atoms with E-state index in [-0.39, 0.29) is 24.0 Å². The van der Waals surface area contributed by atoms with Crippen LogP contribution >= 0.6 is 24.0 Å². The van der Waals surface area contributed by atoms with E-state index in [1.165, 1.54) is 58.2 Å². The Hall–Kier alpha value is -0.0800. The molecule has 0 aromatic carbocycles. The SMILES string of the molecule is CN=C(NCC1CCCN1CCOC)N1CCC2(CCC2)C1.I. The Morgan fingerprint density at radius 3 is 2.70 bits per heavy atom. The molecule has 0 radical (unpaired) electrons. The van der Waals surface area contributed by atoms with Gasteiger partial charge in [0.15, 0.2) is 5.96 Å². The molecule has 0 amide bonds. The van der Waals surface area contributed by atoms with Crippen LogP contribution in [-0.2, 0) is 4.74 Å². The highest BCUT2D eigenvalue weighted by Crippen LogP contribution is 2.47. The third-order valence-corrected chi connectivity index (χ3v) is 5.94. The molecule has 3 rings (SSSR count). The smallest absolute Gasteiger partial charge is 0.193 e. The number of aliphatic imine (C=N–C) groups is 1. The number of ether oxygens (including phenoxy) is 1. The minimum Gasteiger partial charge on any atom is -0.383 e. The summed E-state index contributed by atoms with van der Waals surface area (Å²) >= 11 is 0. The van der Waals surface area contributed by atoms with Gasteiger partial charge in [-0.05, 0) is 44.1 Å². The minimum absolute atomic E-state index is 0. The molecule has 134 valence electrons. The Kier molecular flexibility index (Phi) is 7.41. The molecule has 1 unspecified atom stereocenters. The van der Waals surface area contributed by atoms with Crippen LogP contribution in [0.15, 0.2) is 4.99 Å². The summed E-state index contributed by atoms with van der Waals surface area (Å²) in [5.74, 6) is 1.11. The zero-order valence-corrected chi connectivity index (χ0v) is 17.1. The van der Waals surface area contributed by atoms with E-state index in [2.05, 4.69) is 20.1 Å². The predicted molar refractivity (Wildman–Crippen MR) is 106 cm³/mol. The van der Waals surface area contributed by atoms with Crippen molar-refractivity contribution >= 4 is 29.9 Å². The lowest BCUT2D eigenvalue weighted by atomic mass is 9.68. The lowest BCUT2D eigenvalue weighted by Crippen LogP contribution is -2.47. The van der Waals surface area contributed by atoms with Gasteiger partial charge in [-0.3, -0.25) is 9.89 Å². The molecular weight excluding hydrogens is 403 g/mol. The van der Waals surface area contributed by atoms with Crippen molar-refractivity contribution in [2.75, 3.05) is 53.5 Å². The fourth-order valence-corrected chi connectivity index (χ4v) is 4.37. The number of rotatable bonds is 5. The molecule has 3 aliphatic rings. The third kappa shape index (κ3) is 4.51. The van der Waals surface area contributed by atoms with Crippen LogP contribution in [0.1, 0.15) is 38.5 Å². The maximum Gasteiger partial charge on any atom is 0.193 e. The number of hydrogen-bond donors (Lipinski definition) is 1. The molecule has 1 saturated carbocycles. The Bertz CT molecular complexity index is 400. The number of nitrogens with one attached hydrogen (secondary N) is 1. The lowest BCUT2D eigenvalue weighted by molar-refractivity contribution is 0.140. The van der Waals surface area contributed by atoms with Gasteiger partial charge < -0.3 is 15.0 Å². The van der Waals surface area contributed by atoms with Crippen molar-refractivity contribution < 1.29 is 4.74 Å². The average Bonchev–Trinajstić information content (AvgIpc) is 3.12. The topological polar surface area (TPSA) is 40.1 Å². The van der Waals surface area contributed by atoms with E-state index < -0.39 is 0 Å². The predicted octanol–water partition coefficient (Wildman–Crippen LogP) is 2.17. The summed E-state index contributed by atoms with van der Waals surface area (Å²) < 4.78 is 5.23. The molecule has 2 saturated heterocycles. The van der Waals surface area contributed by atoms with E-state index >= 15 is 0 Å². The Balaban J connectivity index is 0.00000192. The third-order valence-electron chi connectivity index (χ3n) is 5.94. The van der Waals surface area contributed by atoms with Crippen molar-refractivity contribution in [3.63, 3.8) is 0 Å². The van der Waals surface area contributed by atoms with Crippen molar-refractivity contribution in [2.24, 2.45) is 10.4 Å². The van der Waals surface area contributed by atoms with Gasteiger partial charge in [0.2, 0.25) is 0 Å². The van der Waals surface area contributed by atoms with Crippen molar-refractivity contribution in [1.29, 1.82) is 0 Å². The molecule has 1 N–H and O–H groups in total. The van der Waals surface area contributed by atoms with Gasteiger partial charge in [0.25, 0.3) is 0 Å². The number of halogens is 1. The second-order valence-electron chi connectivity index (χ2n) is 7.28. The Morgan fingerprint density at radius 1 is 1.26 bits per heavy atom. The summed E-state index contributed by atoms with van der Waals surface area (Å²) in [7, 11) is 3.71. The molecule has 1 atom stereocenters. The van der Waals surface area contributed by atoms with Crippen LogP contribution in [0.2, 0.25) is 0 Å². The molecule has 0 bridgehead atoms. The second kappa shape index (κ2) is 8.85. The standard InChI is InChI=1S/C17H32N4O.HI/c1-18-16(21-10-8-17(14-21)6-4-7-17)19-13-15-5-3-9-20(15)11-12-22-2;/h15H,3-14H2,1-2H3,(H,18,19);1H. The highest BCUT2D eigenvalue weighted by molar-refractivity contribution is 14.0. The number of hydrogen-bond acceptors (Lipinski definition) is 3. The van der Waals surface area contributed by atoms with Gasteiger partial charge in [-0.15, -0.1) is 24.0 Å². The highest BCUT2D eigenvalue weighted by Gasteiger charge is 2.43. The van der Waals surface area contributed by atoms with Crippen LogP contribution in [0.3, 0.4) is 0 Å². The largest absolute Gasteiger partial charge is 0.383 e. The first kappa shape index (κ1) is 19.2. The van der Waals surface area contributed by atoms with Gasteiger partial charge in [0, 0.05) is 46.4 Å². The van der Waals surface area contributed by atoms with Crippen molar-refractivity contribution in [1.82, 2.24) is 15.1 Å². The summed E-state index contributed by atoms with van der Waals surface area (Å²) in [6, 6.07) is 0.632. The fraction of sp³-hybridized carbons (Fsp3) is 0.941. The second-order valence-corrected chi connectivity index (χ2v) is 7.28. The monoisotopic (exact) mass is 436 g/mol. The van der Waals surface area contributed by atoms with Crippen LogP contribution in [-0.4, -0.2) is 75.3 Å². The van der Waals surface area contributed by atoms with E-state index in [1.54, 1.807) is 7.11 Å². The number of guanidine groups is 1. The molecule has 2 aliphatic heterocycles. The summed E-state index contributed by atoms with van der Waals surface area (Å²) in [5, 5.41) is 3.64. The average molecular weight is 436 g/mol. The van der Waals surface area contributed by atoms with Crippen LogP contribution in [0.4, 0.5) is 0 Å². The quantitative estimate of drug-likeness (QED) is 0.408. The Morgan fingerprint density at radius 2 is 2.09 bits per heavy atom. The van der Waals surface area contributed by atoms with Gasteiger partial charge in [0.05, 0.1) is 6.61 Å². The van der Waals surface area contributed by atoms with Gasteiger partial charge in [-0.25, -0.2) is 0 Å². The Labute approximate surface area is 158 Å². The molecule has 1 aliphatic carbocycles. The maximum atomic E-state index is 5.23. The van der Waals surface area contributed by atoms with Gasteiger partial charge >= 0.3 is 0 Å². The van der Waals surface area contributed by atoms with E-state index in [1.807, 2.05) is 7.05 Å². The molecule has 0 aromatic heterocycles. The molecule has 6 heteroatoms. The van der Waals surface area contributed by atoms with E-state index in [9.17, 15) is 0 Å². The van der Waals surface area contributed by atoms with Crippen LogP contribution < -0.4 is 5.32 Å². The number of methoxy groups -OCH3 is 1. The summed E-state index contributed by atoms with van der Waals surface area (Å²) in [4.78, 5) is 9.57. The first-order valence-corrected chi connectivity index (χ1v) is 8.95. The summed E-state index contributed by atoms with van der Waals surface area (Å²) in [5.41, 5.74) is 0.634. The molecule has 23 heavy (non-hydrogen) atoms. The minimum atomic E-state index is 0. The first-order chi connectivity index (χ1) is 10.8. The highest BCUT2D eigenvalue weighted by atomic mass is 127. The molecule has 3 fully saturated rings. The van der Waals surface area contributed by atoms with Crippen molar-refractivity contribution in [2.45, 2.75) is 44.6 Å². The number of nitrogens with zero attached hydrogens (tertiary/aromatic N) is 3. The normalized spacial score (nSPS) is 27.1.